The fraction of sp³-hybridized carbons (Fsp3) is 0.188. The van der Waals surface area contributed by atoms with Gasteiger partial charge in [0.2, 0.25) is 11.6 Å². The average Bonchev–Trinajstić information content (AvgIpc) is 2.50. The summed E-state index contributed by atoms with van der Waals surface area (Å²) in [6.07, 6.45) is 2.05. The molecular weight excluding hydrogens is 268 g/mol. The van der Waals surface area contributed by atoms with E-state index in [0.29, 0.717) is 24.0 Å². The third kappa shape index (κ3) is 2.16. The number of anilines is 2. The fourth-order valence-electron chi connectivity index (χ4n) is 2.63. The number of Topliss-reactive ketones (excluding diaryl/α,β-unsaturated/α-hetero) is 1. The van der Waals surface area contributed by atoms with E-state index in [9.17, 15) is 14.4 Å². The lowest BCUT2D eigenvalue weighted by molar-refractivity contribution is -0.131. The van der Waals surface area contributed by atoms with Crippen molar-refractivity contribution in [2.75, 3.05) is 17.2 Å². The van der Waals surface area contributed by atoms with Crippen LogP contribution >= 0.6 is 0 Å². The lowest BCUT2D eigenvalue weighted by atomic mass is 9.86. The van der Waals surface area contributed by atoms with Gasteiger partial charge in [0.15, 0.2) is 6.29 Å². The van der Waals surface area contributed by atoms with Crippen LogP contribution in [0.5, 0.6) is 0 Å². The van der Waals surface area contributed by atoms with Gasteiger partial charge in [-0.05, 0) is 30.7 Å². The molecule has 0 amide bonds. The van der Waals surface area contributed by atoms with E-state index < -0.39 is 11.6 Å². The van der Waals surface area contributed by atoms with Crippen molar-refractivity contribution in [3.8, 4) is 0 Å². The number of ketones is 2. The second-order valence-corrected chi connectivity index (χ2v) is 4.97. The second kappa shape index (κ2) is 5.01. The van der Waals surface area contributed by atoms with Gasteiger partial charge in [-0.2, -0.15) is 0 Å². The molecule has 5 nitrogen and oxygen atoms in total. The van der Waals surface area contributed by atoms with Crippen LogP contribution in [0.25, 0.3) is 0 Å². The largest absolute Gasteiger partial charge is 0.385 e. The minimum Gasteiger partial charge on any atom is -0.385 e. The molecule has 0 fully saturated rings. The van der Waals surface area contributed by atoms with E-state index in [1.165, 1.54) is 0 Å². The number of carbonyl (C=O) groups excluding carboxylic acids is 3. The van der Waals surface area contributed by atoms with Crippen LogP contribution < -0.4 is 10.6 Å². The molecule has 1 aromatic carbocycles. The first-order chi connectivity index (χ1) is 10.1. The third-order valence-electron chi connectivity index (χ3n) is 3.61. The van der Waals surface area contributed by atoms with Crippen molar-refractivity contribution in [3.63, 3.8) is 0 Å². The number of aldehydes is 1. The molecule has 0 atom stereocenters. The van der Waals surface area contributed by atoms with E-state index in [0.717, 1.165) is 29.6 Å². The molecule has 0 spiro atoms. The predicted octanol–water partition coefficient (Wildman–Crippen LogP) is 1.62. The van der Waals surface area contributed by atoms with E-state index in [-0.39, 0.29) is 5.57 Å². The highest BCUT2D eigenvalue weighted by Crippen LogP contribution is 2.34. The van der Waals surface area contributed by atoms with Crippen LogP contribution in [-0.4, -0.2) is 24.4 Å². The maximum atomic E-state index is 12.0. The standard InChI is InChI=1S/C16H14N2O3/c1-2-17-11-3-4-13-9(5-11)6-12-15(18-13)10(8-19)7-14(20)16(12)21/h3-5,7-8,17-18H,2,6H2,1H3. The number of allylic oxidation sites excluding steroid dienone is 3. The van der Waals surface area contributed by atoms with Gasteiger partial charge in [0.25, 0.3) is 0 Å². The summed E-state index contributed by atoms with van der Waals surface area (Å²) in [6.45, 7) is 2.80. The summed E-state index contributed by atoms with van der Waals surface area (Å²) in [6, 6.07) is 5.79. The molecule has 5 heteroatoms. The van der Waals surface area contributed by atoms with E-state index >= 15 is 0 Å². The van der Waals surface area contributed by atoms with Crippen molar-refractivity contribution in [2.45, 2.75) is 13.3 Å². The maximum Gasteiger partial charge on any atom is 0.231 e. The third-order valence-corrected chi connectivity index (χ3v) is 3.61. The Kier molecular flexibility index (Phi) is 3.17. The first-order valence-corrected chi connectivity index (χ1v) is 6.77. The molecule has 1 aromatic rings. The number of hydrogen-bond acceptors (Lipinski definition) is 5. The first kappa shape index (κ1) is 13.3. The molecule has 0 saturated carbocycles. The van der Waals surface area contributed by atoms with Crippen LogP contribution in [0.3, 0.4) is 0 Å². The number of hydrogen-bond donors (Lipinski definition) is 2. The molecule has 21 heavy (non-hydrogen) atoms. The highest BCUT2D eigenvalue weighted by molar-refractivity contribution is 6.49. The quantitative estimate of drug-likeness (QED) is 0.500. The molecule has 0 unspecified atom stereocenters. The number of rotatable bonds is 3. The zero-order chi connectivity index (χ0) is 15.0. The Morgan fingerprint density at radius 2 is 2.14 bits per heavy atom. The molecule has 0 radical (unpaired) electrons. The summed E-state index contributed by atoms with van der Waals surface area (Å²) in [5.74, 6) is -1.17. The lowest BCUT2D eigenvalue weighted by Gasteiger charge is -2.26. The van der Waals surface area contributed by atoms with Crippen LogP contribution in [-0.2, 0) is 20.8 Å². The van der Waals surface area contributed by atoms with Gasteiger partial charge >= 0.3 is 0 Å². The van der Waals surface area contributed by atoms with Crippen molar-refractivity contribution in [3.05, 3.63) is 46.7 Å². The molecule has 1 heterocycles. The van der Waals surface area contributed by atoms with E-state index in [1.807, 2.05) is 25.1 Å². The van der Waals surface area contributed by atoms with Gasteiger partial charge in [-0.3, -0.25) is 14.4 Å². The Morgan fingerprint density at radius 3 is 2.86 bits per heavy atom. The number of fused-ring (bicyclic) bond motifs is 1. The van der Waals surface area contributed by atoms with Gasteiger partial charge < -0.3 is 10.6 Å². The summed E-state index contributed by atoms with van der Waals surface area (Å²) in [5, 5.41) is 6.31. The topological polar surface area (TPSA) is 75.3 Å². The smallest absolute Gasteiger partial charge is 0.231 e. The number of benzene rings is 1. The monoisotopic (exact) mass is 282 g/mol. The van der Waals surface area contributed by atoms with Gasteiger partial charge in [-0.25, -0.2) is 0 Å². The molecule has 106 valence electrons. The van der Waals surface area contributed by atoms with Crippen LogP contribution in [0.4, 0.5) is 11.4 Å². The molecule has 1 aliphatic heterocycles. The maximum absolute atomic E-state index is 12.0. The van der Waals surface area contributed by atoms with Crippen LogP contribution in [0, 0.1) is 0 Å². The van der Waals surface area contributed by atoms with Crippen LogP contribution in [0.2, 0.25) is 0 Å². The van der Waals surface area contributed by atoms with Gasteiger partial charge in [0.05, 0.1) is 5.70 Å². The minimum atomic E-state index is -0.635. The van der Waals surface area contributed by atoms with Crippen molar-refractivity contribution < 1.29 is 14.4 Å². The van der Waals surface area contributed by atoms with Crippen molar-refractivity contribution >= 4 is 29.2 Å². The Hall–Kier alpha value is -2.69. The van der Waals surface area contributed by atoms with Gasteiger partial charge in [-0.1, -0.05) is 0 Å². The molecule has 0 saturated heterocycles. The Bertz CT molecular complexity index is 729. The van der Waals surface area contributed by atoms with Crippen LogP contribution in [0.1, 0.15) is 12.5 Å². The summed E-state index contributed by atoms with van der Waals surface area (Å²) >= 11 is 0. The molecule has 2 aliphatic rings. The fourth-order valence-corrected chi connectivity index (χ4v) is 2.63. The first-order valence-electron chi connectivity index (χ1n) is 6.77. The Labute approximate surface area is 121 Å². The summed E-state index contributed by atoms with van der Waals surface area (Å²) in [5.41, 5.74) is 3.80. The SMILES string of the molecule is CCNc1ccc2c(c1)CC1=C(N2)C(C=O)=CC(=O)C1=O. The predicted molar refractivity (Wildman–Crippen MR) is 79.1 cm³/mol. The van der Waals surface area contributed by atoms with Gasteiger partial charge in [0.1, 0.15) is 0 Å². The van der Waals surface area contributed by atoms with Gasteiger partial charge in [-0.15, -0.1) is 0 Å². The van der Waals surface area contributed by atoms with E-state index in [4.69, 9.17) is 0 Å². The van der Waals surface area contributed by atoms with E-state index in [1.54, 1.807) is 0 Å². The Balaban J connectivity index is 2.04. The highest BCUT2D eigenvalue weighted by atomic mass is 16.2. The lowest BCUT2D eigenvalue weighted by Crippen LogP contribution is -2.28. The molecule has 0 bridgehead atoms. The van der Waals surface area contributed by atoms with Crippen molar-refractivity contribution in [2.24, 2.45) is 0 Å². The minimum absolute atomic E-state index is 0.232. The Morgan fingerprint density at radius 1 is 1.33 bits per heavy atom. The molecule has 0 aromatic heterocycles. The molecule has 1 aliphatic carbocycles. The summed E-state index contributed by atoms with van der Waals surface area (Å²) in [7, 11) is 0. The highest BCUT2D eigenvalue weighted by Gasteiger charge is 2.32. The van der Waals surface area contributed by atoms with Crippen molar-refractivity contribution in [1.82, 2.24) is 0 Å². The van der Waals surface area contributed by atoms with Gasteiger partial charge in [0, 0.05) is 41.6 Å². The average molecular weight is 282 g/mol. The molecule has 3 rings (SSSR count). The zero-order valence-corrected chi connectivity index (χ0v) is 11.5. The summed E-state index contributed by atoms with van der Waals surface area (Å²) < 4.78 is 0. The molecule has 2 N–H and O–H groups in total. The second-order valence-electron chi connectivity index (χ2n) is 4.97. The summed E-state index contributed by atoms with van der Waals surface area (Å²) in [4.78, 5) is 34.8. The molecular formula is C16H14N2O3. The number of carbonyl (C=O) groups is 3. The van der Waals surface area contributed by atoms with Crippen molar-refractivity contribution in [1.29, 1.82) is 0 Å². The van der Waals surface area contributed by atoms with Crippen LogP contribution in [0.15, 0.2) is 41.1 Å². The normalized spacial score (nSPS) is 16.7. The number of nitrogens with one attached hydrogen (secondary N) is 2. The van der Waals surface area contributed by atoms with E-state index in [2.05, 4.69) is 10.6 Å². The zero-order valence-electron chi connectivity index (χ0n) is 11.5.